The molecule has 0 aliphatic heterocycles. The summed E-state index contributed by atoms with van der Waals surface area (Å²) in [5.74, 6) is 0. The zero-order valence-corrected chi connectivity index (χ0v) is 13.4. The molecule has 0 spiro atoms. The van der Waals surface area contributed by atoms with Crippen molar-refractivity contribution >= 4 is 10.9 Å². The first-order chi connectivity index (χ1) is 10.6. The quantitative estimate of drug-likeness (QED) is 0.730. The van der Waals surface area contributed by atoms with Crippen molar-refractivity contribution < 1.29 is 0 Å². The van der Waals surface area contributed by atoms with Crippen molar-refractivity contribution in [2.45, 2.75) is 26.9 Å². The van der Waals surface area contributed by atoms with E-state index < -0.39 is 0 Å². The van der Waals surface area contributed by atoms with Gasteiger partial charge in [0, 0.05) is 29.9 Å². The van der Waals surface area contributed by atoms with Gasteiger partial charge in [0.25, 0.3) is 0 Å². The van der Waals surface area contributed by atoms with Crippen LogP contribution in [0.3, 0.4) is 0 Å². The van der Waals surface area contributed by atoms with Gasteiger partial charge in [-0.1, -0.05) is 24.3 Å². The standard InChI is InChI=1S/C19H21N3/c1-14-7-6-8-17(20-14)13-22(3)12-16-11-15(2)21-19-10-5-4-9-18(16)19/h4-11H,12-13H2,1-3H3. The van der Waals surface area contributed by atoms with E-state index in [2.05, 4.69) is 65.2 Å². The Morgan fingerprint density at radius 2 is 1.68 bits per heavy atom. The summed E-state index contributed by atoms with van der Waals surface area (Å²) in [6, 6.07) is 16.7. The highest BCUT2D eigenvalue weighted by molar-refractivity contribution is 5.82. The second-order valence-electron chi connectivity index (χ2n) is 5.88. The molecule has 0 radical (unpaired) electrons. The van der Waals surface area contributed by atoms with Crippen LogP contribution in [0, 0.1) is 13.8 Å². The number of benzene rings is 1. The molecule has 0 N–H and O–H groups in total. The minimum Gasteiger partial charge on any atom is -0.296 e. The molecule has 0 bridgehead atoms. The summed E-state index contributed by atoms with van der Waals surface area (Å²) in [5, 5.41) is 1.23. The van der Waals surface area contributed by atoms with Crippen molar-refractivity contribution in [3.63, 3.8) is 0 Å². The number of rotatable bonds is 4. The third kappa shape index (κ3) is 3.31. The Kier molecular flexibility index (Phi) is 4.16. The molecule has 0 aliphatic carbocycles. The van der Waals surface area contributed by atoms with Crippen LogP contribution in [0.15, 0.2) is 48.5 Å². The van der Waals surface area contributed by atoms with E-state index in [-0.39, 0.29) is 0 Å². The van der Waals surface area contributed by atoms with E-state index in [0.717, 1.165) is 35.7 Å². The molecule has 0 saturated heterocycles. The SMILES string of the molecule is Cc1cccc(CN(C)Cc2cc(C)nc3ccccc23)n1. The van der Waals surface area contributed by atoms with E-state index in [0.29, 0.717) is 0 Å². The fourth-order valence-corrected chi connectivity index (χ4v) is 2.84. The average Bonchev–Trinajstić information content (AvgIpc) is 2.47. The molecular formula is C19H21N3. The van der Waals surface area contributed by atoms with Crippen LogP contribution in [-0.2, 0) is 13.1 Å². The first-order valence-corrected chi connectivity index (χ1v) is 7.58. The second-order valence-corrected chi connectivity index (χ2v) is 5.88. The maximum absolute atomic E-state index is 4.61. The zero-order chi connectivity index (χ0) is 15.5. The molecule has 3 heteroatoms. The Morgan fingerprint density at radius 3 is 2.50 bits per heavy atom. The molecule has 0 aliphatic rings. The van der Waals surface area contributed by atoms with Crippen LogP contribution in [0.25, 0.3) is 10.9 Å². The van der Waals surface area contributed by atoms with Gasteiger partial charge in [0.2, 0.25) is 0 Å². The highest BCUT2D eigenvalue weighted by Crippen LogP contribution is 2.20. The van der Waals surface area contributed by atoms with Crippen LogP contribution in [0.4, 0.5) is 0 Å². The smallest absolute Gasteiger partial charge is 0.0708 e. The Morgan fingerprint density at radius 1 is 0.864 bits per heavy atom. The number of para-hydroxylation sites is 1. The van der Waals surface area contributed by atoms with Crippen molar-refractivity contribution in [3.05, 3.63) is 71.2 Å². The molecule has 3 aromatic rings. The van der Waals surface area contributed by atoms with Crippen LogP contribution in [0.2, 0.25) is 0 Å². The van der Waals surface area contributed by atoms with E-state index in [1.54, 1.807) is 0 Å². The fraction of sp³-hybridized carbons (Fsp3) is 0.263. The molecule has 0 saturated carbocycles. The molecule has 2 heterocycles. The predicted molar refractivity (Wildman–Crippen MR) is 90.6 cm³/mol. The highest BCUT2D eigenvalue weighted by atomic mass is 15.1. The lowest BCUT2D eigenvalue weighted by Gasteiger charge is -2.18. The Bertz CT molecular complexity index is 796. The van der Waals surface area contributed by atoms with E-state index in [4.69, 9.17) is 0 Å². The van der Waals surface area contributed by atoms with Crippen LogP contribution >= 0.6 is 0 Å². The summed E-state index contributed by atoms with van der Waals surface area (Å²) in [7, 11) is 2.13. The molecule has 3 rings (SSSR count). The summed E-state index contributed by atoms with van der Waals surface area (Å²) in [5.41, 5.74) is 5.63. The van der Waals surface area contributed by atoms with Gasteiger partial charge in [-0.15, -0.1) is 0 Å². The van der Waals surface area contributed by atoms with Gasteiger partial charge in [0.05, 0.1) is 11.2 Å². The van der Waals surface area contributed by atoms with Crippen molar-refractivity contribution in [3.8, 4) is 0 Å². The second kappa shape index (κ2) is 6.24. The summed E-state index contributed by atoms with van der Waals surface area (Å²) in [4.78, 5) is 11.5. The molecule has 1 aromatic carbocycles. The Labute approximate surface area is 131 Å². The lowest BCUT2D eigenvalue weighted by atomic mass is 10.1. The van der Waals surface area contributed by atoms with Gasteiger partial charge < -0.3 is 0 Å². The number of pyridine rings is 2. The molecule has 3 nitrogen and oxygen atoms in total. The van der Waals surface area contributed by atoms with E-state index in [9.17, 15) is 0 Å². The van der Waals surface area contributed by atoms with Crippen molar-refractivity contribution in [2.24, 2.45) is 0 Å². The summed E-state index contributed by atoms with van der Waals surface area (Å²) in [6.07, 6.45) is 0. The maximum atomic E-state index is 4.61. The third-order valence-electron chi connectivity index (χ3n) is 3.75. The number of fused-ring (bicyclic) bond motifs is 1. The fourth-order valence-electron chi connectivity index (χ4n) is 2.84. The molecular weight excluding hydrogens is 270 g/mol. The zero-order valence-electron chi connectivity index (χ0n) is 13.4. The van der Waals surface area contributed by atoms with Gasteiger partial charge in [0.15, 0.2) is 0 Å². The molecule has 22 heavy (non-hydrogen) atoms. The van der Waals surface area contributed by atoms with Gasteiger partial charge in [-0.2, -0.15) is 0 Å². The lowest BCUT2D eigenvalue weighted by Crippen LogP contribution is -2.18. The van der Waals surface area contributed by atoms with Gasteiger partial charge in [-0.05, 0) is 50.7 Å². The molecule has 0 amide bonds. The molecule has 0 unspecified atom stereocenters. The number of nitrogens with zero attached hydrogens (tertiary/aromatic N) is 3. The van der Waals surface area contributed by atoms with Crippen LogP contribution < -0.4 is 0 Å². The van der Waals surface area contributed by atoms with Gasteiger partial charge in [-0.25, -0.2) is 0 Å². The number of hydrogen-bond acceptors (Lipinski definition) is 3. The summed E-state index contributed by atoms with van der Waals surface area (Å²) in [6.45, 7) is 5.82. The first kappa shape index (κ1) is 14.7. The van der Waals surface area contributed by atoms with Crippen molar-refractivity contribution in [1.29, 1.82) is 0 Å². The Hall–Kier alpha value is -2.26. The molecule has 112 valence electrons. The summed E-state index contributed by atoms with van der Waals surface area (Å²) >= 11 is 0. The van der Waals surface area contributed by atoms with Crippen molar-refractivity contribution in [1.82, 2.24) is 14.9 Å². The third-order valence-corrected chi connectivity index (χ3v) is 3.75. The normalized spacial score (nSPS) is 11.3. The lowest BCUT2D eigenvalue weighted by molar-refractivity contribution is 0.316. The van der Waals surface area contributed by atoms with Crippen molar-refractivity contribution in [2.75, 3.05) is 7.05 Å². The minimum atomic E-state index is 0.845. The summed E-state index contributed by atoms with van der Waals surface area (Å²) < 4.78 is 0. The maximum Gasteiger partial charge on any atom is 0.0708 e. The molecule has 0 atom stereocenters. The highest BCUT2D eigenvalue weighted by Gasteiger charge is 2.08. The topological polar surface area (TPSA) is 29.0 Å². The Balaban J connectivity index is 1.83. The van der Waals surface area contributed by atoms with Crippen LogP contribution in [0.5, 0.6) is 0 Å². The monoisotopic (exact) mass is 291 g/mol. The van der Waals surface area contributed by atoms with Gasteiger partial charge in [-0.3, -0.25) is 14.9 Å². The largest absolute Gasteiger partial charge is 0.296 e. The van der Waals surface area contributed by atoms with Crippen LogP contribution in [0.1, 0.15) is 22.6 Å². The van der Waals surface area contributed by atoms with E-state index in [1.165, 1.54) is 10.9 Å². The molecule has 0 fully saturated rings. The number of aromatic nitrogens is 2. The van der Waals surface area contributed by atoms with Gasteiger partial charge in [0.1, 0.15) is 0 Å². The minimum absolute atomic E-state index is 0.845. The van der Waals surface area contributed by atoms with E-state index in [1.807, 2.05) is 19.1 Å². The van der Waals surface area contributed by atoms with E-state index >= 15 is 0 Å². The predicted octanol–water partition coefficient (Wildman–Crippen LogP) is 3.88. The number of hydrogen-bond donors (Lipinski definition) is 0. The van der Waals surface area contributed by atoms with Gasteiger partial charge >= 0.3 is 0 Å². The average molecular weight is 291 g/mol. The first-order valence-electron chi connectivity index (χ1n) is 7.58. The van der Waals surface area contributed by atoms with Crippen LogP contribution in [-0.4, -0.2) is 21.9 Å². The molecule has 2 aromatic heterocycles. The number of aryl methyl sites for hydroxylation is 2.